The molecular formula is C20H26N4O3. The zero-order valence-corrected chi connectivity index (χ0v) is 15.8. The summed E-state index contributed by atoms with van der Waals surface area (Å²) in [5, 5.41) is 13.7. The van der Waals surface area contributed by atoms with Crippen LogP contribution in [0.4, 0.5) is 10.6 Å². The normalized spacial score (nSPS) is 19.1. The number of carbonyl (C=O) groups excluding carboxylic acids is 1. The van der Waals surface area contributed by atoms with Gasteiger partial charge in [0.25, 0.3) is 0 Å². The van der Waals surface area contributed by atoms with E-state index in [1.54, 1.807) is 6.20 Å². The Morgan fingerprint density at radius 3 is 2.74 bits per heavy atom. The van der Waals surface area contributed by atoms with Gasteiger partial charge in [0.15, 0.2) is 0 Å². The van der Waals surface area contributed by atoms with Gasteiger partial charge in [0, 0.05) is 12.7 Å². The molecular weight excluding hydrogens is 344 g/mol. The van der Waals surface area contributed by atoms with Gasteiger partial charge in [0.1, 0.15) is 12.4 Å². The molecule has 1 aliphatic heterocycles. The van der Waals surface area contributed by atoms with Crippen LogP contribution in [0.5, 0.6) is 0 Å². The smallest absolute Gasteiger partial charge is 0.410 e. The Labute approximate surface area is 159 Å². The van der Waals surface area contributed by atoms with E-state index in [9.17, 15) is 9.90 Å². The molecule has 2 atom stereocenters. The monoisotopic (exact) mass is 370 g/mol. The standard InChI is InChI=1S/C20H26N4O3/c1-3-15-10-21-16(4-2)19(22-15)23-17-11-24(12-18(17)25)20(26)27-13-14-8-6-5-7-9-14/h5-10,17-18,25H,3-4,11-13H2,1-2H3,(H,22,23). The topological polar surface area (TPSA) is 87.6 Å². The predicted octanol–water partition coefficient (Wildman–Crippen LogP) is 2.40. The van der Waals surface area contributed by atoms with Crippen molar-refractivity contribution in [3.63, 3.8) is 0 Å². The minimum Gasteiger partial charge on any atom is -0.445 e. The van der Waals surface area contributed by atoms with Crippen LogP contribution in [-0.4, -0.2) is 51.3 Å². The van der Waals surface area contributed by atoms with Crippen molar-refractivity contribution < 1.29 is 14.6 Å². The number of hydrogen-bond acceptors (Lipinski definition) is 6. The highest BCUT2D eigenvalue weighted by Crippen LogP contribution is 2.19. The van der Waals surface area contributed by atoms with Crippen LogP contribution in [0.15, 0.2) is 36.5 Å². The number of β-amino-alcohol motifs (C(OH)–C–C–N with tert-alkyl or cyclic N) is 1. The quantitative estimate of drug-likeness (QED) is 0.812. The Hall–Kier alpha value is -2.67. The minimum atomic E-state index is -0.689. The third-order valence-electron chi connectivity index (χ3n) is 4.67. The van der Waals surface area contributed by atoms with Crippen LogP contribution in [0.2, 0.25) is 0 Å². The fourth-order valence-corrected chi connectivity index (χ4v) is 3.06. The summed E-state index contributed by atoms with van der Waals surface area (Å²) in [6, 6.07) is 9.23. The van der Waals surface area contributed by atoms with Crippen LogP contribution in [-0.2, 0) is 24.2 Å². The molecule has 1 aromatic heterocycles. The lowest BCUT2D eigenvalue weighted by Gasteiger charge is -2.19. The lowest BCUT2D eigenvalue weighted by Crippen LogP contribution is -2.34. The molecule has 1 aliphatic rings. The predicted molar refractivity (Wildman–Crippen MR) is 102 cm³/mol. The number of nitrogens with one attached hydrogen (secondary N) is 1. The van der Waals surface area contributed by atoms with Gasteiger partial charge in [-0.1, -0.05) is 44.2 Å². The largest absolute Gasteiger partial charge is 0.445 e. The Morgan fingerprint density at radius 2 is 2.04 bits per heavy atom. The number of rotatable bonds is 6. The number of likely N-dealkylation sites (tertiary alicyclic amines) is 1. The van der Waals surface area contributed by atoms with E-state index in [4.69, 9.17) is 4.74 Å². The Kier molecular flexibility index (Phi) is 6.24. The van der Waals surface area contributed by atoms with Crippen molar-refractivity contribution in [1.29, 1.82) is 0 Å². The number of nitrogens with zero attached hydrogens (tertiary/aromatic N) is 3. The van der Waals surface area contributed by atoms with Crippen molar-refractivity contribution in [3.05, 3.63) is 53.5 Å². The number of ether oxygens (including phenoxy) is 1. The number of aliphatic hydroxyl groups is 1. The van der Waals surface area contributed by atoms with Crippen LogP contribution in [0, 0.1) is 0 Å². The summed E-state index contributed by atoms with van der Waals surface area (Å²) in [6.45, 7) is 4.84. The molecule has 0 bridgehead atoms. The third kappa shape index (κ3) is 4.74. The summed E-state index contributed by atoms with van der Waals surface area (Å²) >= 11 is 0. The zero-order chi connectivity index (χ0) is 19.2. The second kappa shape index (κ2) is 8.81. The highest BCUT2D eigenvalue weighted by molar-refractivity contribution is 5.68. The highest BCUT2D eigenvalue weighted by Gasteiger charge is 2.35. The number of anilines is 1. The average Bonchev–Trinajstić information content (AvgIpc) is 3.07. The van der Waals surface area contributed by atoms with Gasteiger partial charge in [-0.3, -0.25) is 4.98 Å². The zero-order valence-electron chi connectivity index (χ0n) is 15.8. The third-order valence-corrected chi connectivity index (χ3v) is 4.67. The number of aromatic nitrogens is 2. The van der Waals surface area contributed by atoms with Crippen molar-refractivity contribution in [2.24, 2.45) is 0 Å². The molecule has 3 rings (SSSR count). The van der Waals surface area contributed by atoms with E-state index in [2.05, 4.69) is 15.3 Å². The van der Waals surface area contributed by atoms with Crippen LogP contribution in [0.25, 0.3) is 0 Å². The van der Waals surface area contributed by atoms with Crippen LogP contribution in [0.1, 0.15) is 30.8 Å². The summed E-state index contributed by atoms with van der Waals surface area (Å²) in [6.07, 6.45) is 2.20. The molecule has 144 valence electrons. The Morgan fingerprint density at radius 1 is 1.26 bits per heavy atom. The van der Waals surface area contributed by atoms with Gasteiger partial charge in [-0.15, -0.1) is 0 Å². The van der Waals surface area contributed by atoms with E-state index in [0.29, 0.717) is 12.4 Å². The molecule has 1 aromatic carbocycles. The Balaban J connectivity index is 1.60. The van der Waals surface area contributed by atoms with Gasteiger partial charge in [-0.2, -0.15) is 0 Å². The first-order chi connectivity index (χ1) is 13.1. The SMILES string of the molecule is CCc1cnc(CC)c(NC2CN(C(=O)OCc3ccccc3)CC2O)n1. The van der Waals surface area contributed by atoms with Crippen LogP contribution in [0.3, 0.4) is 0 Å². The molecule has 2 unspecified atom stereocenters. The fourth-order valence-electron chi connectivity index (χ4n) is 3.06. The molecule has 0 saturated carbocycles. The molecule has 0 radical (unpaired) electrons. The molecule has 7 heteroatoms. The van der Waals surface area contributed by atoms with E-state index in [0.717, 1.165) is 29.8 Å². The number of aryl methyl sites for hydroxylation is 2. The van der Waals surface area contributed by atoms with E-state index in [1.807, 2.05) is 44.2 Å². The molecule has 2 heterocycles. The van der Waals surface area contributed by atoms with E-state index in [1.165, 1.54) is 4.90 Å². The van der Waals surface area contributed by atoms with Gasteiger partial charge in [0.05, 0.1) is 30.1 Å². The van der Waals surface area contributed by atoms with Crippen molar-refractivity contribution in [2.75, 3.05) is 18.4 Å². The number of hydrogen-bond donors (Lipinski definition) is 2. The lowest BCUT2D eigenvalue weighted by atomic mass is 10.2. The van der Waals surface area contributed by atoms with Crippen LogP contribution >= 0.6 is 0 Å². The van der Waals surface area contributed by atoms with Crippen molar-refractivity contribution >= 4 is 11.9 Å². The maximum absolute atomic E-state index is 12.3. The molecule has 7 nitrogen and oxygen atoms in total. The van der Waals surface area contributed by atoms with Crippen molar-refractivity contribution in [3.8, 4) is 0 Å². The highest BCUT2D eigenvalue weighted by atomic mass is 16.6. The molecule has 0 aliphatic carbocycles. The number of aliphatic hydroxyl groups excluding tert-OH is 1. The molecule has 1 amide bonds. The number of benzene rings is 1. The fraction of sp³-hybridized carbons (Fsp3) is 0.450. The summed E-state index contributed by atoms with van der Waals surface area (Å²) in [5.74, 6) is 0.681. The summed E-state index contributed by atoms with van der Waals surface area (Å²) in [5.41, 5.74) is 2.67. The second-order valence-corrected chi connectivity index (χ2v) is 6.63. The van der Waals surface area contributed by atoms with Crippen molar-refractivity contribution in [1.82, 2.24) is 14.9 Å². The minimum absolute atomic E-state index is 0.217. The van der Waals surface area contributed by atoms with Crippen molar-refractivity contribution in [2.45, 2.75) is 45.4 Å². The summed E-state index contributed by atoms with van der Waals surface area (Å²) in [7, 11) is 0. The first-order valence-corrected chi connectivity index (χ1v) is 9.35. The Bertz CT molecular complexity index is 769. The summed E-state index contributed by atoms with van der Waals surface area (Å²) < 4.78 is 5.36. The number of carbonyl (C=O) groups is 1. The maximum atomic E-state index is 12.3. The van der Waals surface area contributed by atoms with Crippen LogP contribution < -0.4 is 5.32 Å². The second-order valence-electron chi connectivity index (χ2n) is 6.63. The summed E-state index contributed by atoms with van der Waals surface area (Å²) in [4.78, 5) is 22.9. The molecule has 2 aromatic rings. The first kappa shape index (κ1) is 19.1. The van der Waals surface area contributed by atoms with Gasteiger partial charge in [0.2, 0.25) is 0 Å². The molecule has 27 heavy (non-hydrogen) atoms. The molecule has 1 fully saturated rings. The molecule has 0 spiro atoms. The maximum Gasteiger partial charge on any atom is 0.410 e. The first-order valence-electron chi connectivity index (χ1n) is 9.35. The van der Waals surface area contributed by atoms with E-state index in [-0.39, 0.29) is 19.2 Å². The molecule has 2 N–H and O–H groups in total. The van der Waals surface area contributed by atoms with E-state index >= 15 is 0 Å². The van der Waals surface area contributed by atoms with Gasteiger partial charge < -0.3 is 20.1 Å². The van der Waals surface area contributed by atoms with E-state index < -0.39 is 12.2 Å². The van der Waals surface area contributed by atoms with Gasteiger partial charge >= 0.3 is 6.09 Å². The van der Waals surface area contributed by atoms with Gasteiger partial charge in [-0.05, 0) is 18.4 Å². The lowest BCUT2D eigenvalue weighted by molar-refractivity contribution is 0.0971. The average molecular weight is 370 g/mol. The molecule has 1 saturated heterocycles. The number of amides is 1. The van der Waals surface area contributed by atoms with Gasteiger partial charge in [-0.25, -0.2) is 9.78 Å².